The molecule has 2 N–H and O–H groups in total. The predicted molar refractivity (Wildman–Crippen MR) is 188 cm³/mol. The molecule has 1 saturated heterocycles. The van der Waals surface area contributed by atoms with Gasteiger partial charge in [0.1, 0.15) is 23.1 Å². The number of aromatic nitrogens is 3. The van der Waals surface area contributed by atoms with Crippen LogP contribution in [0, 0.1) is 11.7 Å². The summed E-state index contributed by atoms with van der Waals surface area (Å²) in [5, 5.41) is 13.1. The summed E-state index contributed by atoms with van der Waals surface area (Å²) in [5.41, 5.74) is 1.69. The molecule has 4 atom stereocenters. The number of methoxy groups -OCH3 is 2. The van der Waals surface area contributed by atoms with Gasteiger partial charge in [-0.3, -0.25) is 15.0 Å². The van der Waals surface area contributed by atoms with Crippen LogP contribution in [0.15, 0.2) is 112 Å². The molecule has 1 saturated carbocycles. The minimum absolute atomic E-state index is 0.0451. The van der Waals surface area contributed by atoms with Gasteiger partial charge in [-0.15, -0.1) is 0 Å². The number of aromatic hydroxyl groups is 1. The summed E-state index contributed by atoms with van der Waals surface area (Å²) in [6.45, 7) is -0.0451. The van der Waals surface area contributed by atoms with Crippen molar-refractivity contribution >= 4 is 29.1 Å². The first-order valence-corrected chi connectivity index (χ1v) is 16.8. The number of para-hydroxylation sites is 1. The number of phenols is 1. The fourth-order valence-corrected chi connectivity index (χ4v) is 8.32. The van der Waals surface area contributed by atoms with Crippen LogP contribution in [-0.4, -0.2) is 50.1 Å². The minimum Gasteiger partial charge on any atom is -0.507 e. The van der Waals surface area contributed by atoms with Crippen molar-refractivity contribution in [3.05, 3.63) is 146 Å². The standard InChI is InChI=1S/C38H31ClFN5O7/c1-51-26-18-30(46)32(31(19-26)52-2)33-27-16-17-42-36(49)43(25-6-4-3-5-7-25)37(50)45(42)29(27)20-28-34(47)44(41-24-14-12-23(40)13-15-24)35(48)38(28,33)21-8-10-22(39)11-9-21/h3-16,18-19,28-29,33,41,46H,17,20H2,1-2H3. The highest BCUT2D eigenvalue weighted by atomic mass is 35.5. The molecule has 2 aliphatic heterocycles. The number of halogens is 2. The number of carbonyl (C=O) groups excluding carboxylic acids is 2. The number of imide groups is 1. The fraction of sp³-hybridized carbons (Fsp3) is 0.211. The Morgan fingerprint density at radius 2 is 1.62 bits per heavy atom. The van der Waals surface area contributed by atoms with E-state index in [-0.39, 0.29) is 41.5 Å². The number of ether oxygens (including phenoxy) is 2. The van der Waals surface area contributed by atoms with Crippen LogP contribution in [0.2, 0.25) is 5.02 Å². The normalized spacial score (nSPS) is 22.0. The Morgan fingerprint density at radius 3 is 2.29 bits per heavy atom. The van der Waals surface area contributed by atoms with Crippen LogP contribution in [0.25, 0.3) is 5.69 Å². The largest absolute Gasteiger partial charge is 0.507 e. The molecule has 1 aliphatic carbocycles. The lowest BCUT2D eigenvalue weighted by atomic mass is 9.53. The van der Waals surface area contributed by atoms with Crippen molar-refractivity contribution in [2.75, 3.05) is 19.6 Å². The average Bonchev–Trinajstić information content (AvgIpc) is 3.53. The Bertz CT molecular complexity index is 2410. The molecule has 264 valence electrons. The first kappa shape index (κ1) is 33.1. The summed E-state index contributed by atoms with van der Waals surface area (Å²) in [6.07, 6.45) is 1.70. The van der Waals surface area contributed by atoms with E-state index in [1.54, 1.807) is 66.7 Å². The third kappa shape index (κ3) is 4.72. The van der Waals surface area contributed by atoms with E-state index in [2.05, 4.69) is 5.43 Å². The van der Waals surface area contributed by atoms with Gasteiger partial charge in [0.2, 0.25) is 0 Å². The van der Waals surface area contributed by atoms with Gasteiger partial charge in [-0.2, -0.15) is 5.01 Å². The molecular formula is C38H31ClFN5O7. The second-order valence-corrected chi connectivity index (χ2v) is 13.3. The van der Waals surface area contributed by atoms with Crippen molar-refractivity contribution in [2.45, 2.75) is 30.3 Å². The van der Waals surface area contributed by atoms with Crippen LogP contribution in [0.3, 0.4) is 0 Å². The number of amides is 2. The Morgan fingerprint density at radius 1 is 0.904 bits per heavy atom. The number of allylic oxidation sites excluding steroid dienone is 2. The lowest BCUT2D eigenvalue weighted by Gasteiger charge is -2.49. The van der Waals surface area contributed by atoms with E-state index in [9.17, 15) is 23.9 Å². The van der Waals surface area contributed by atoms with Gasteiger partial charge < -0.3 is 14.6 Å². The molecule has 5 aromatic rings. The average molecular weight is 724 g/mol. The van der Waals surface area contributed by atoms with Crippen molar-refractivity contribution in [3.63, 3.8) is 0 Å². The number of phenolic OH excluding ortho intramolecular Hbond substituents is 1. The summed E-state index contributed by atoms with van der Waals surface area (Å²) in [7, 11) is 2.84. The molecule has 0 radical (unpaired) electrons. The van der Waals surface area contributed by atoms with Crippen molar-refractivity contribution in [3.8, 4) is 22.9 Å². The van der Waals surface area contributed by atoms with Gasteiger partial charge in [0.25, 0.3) is 11.8 Å². The van der Waals surface area contributed by atoms with Gasteiger partial charge in [-0.1, -0.05) is 48.0 Å². The number of nitrogens with one attached hydrogen (secondary N) is 1. The molecule has 2 amide bonds. The summed E-state index contributed by atoms with van der Waals surface area (Å²) >= 11 is 6.35. The lowest BCUT2D eigenvalue weighted by molar-refractivity contribution is -0.138. The van der Waals surface area contributed by atoms with Crippen LogP contribution in [0.5, 0.6) is 17.2 Å². The van der Waals surface area contributed by atoms with Crippen molar-refractivity contribution in [2.24, 2.45) is 5.92 Å². The molecule has 4 aromatic carbocycles. The summed E-state index contributed by atoms with van der Waals surface area (Å²) in [4.78, 5) is 58.3. The second-order valence-electron chi connectivity index (χ2n) is 12.8. The first-order valence-electron chi connectivity index (χ1n) is 16.4. The summed E-state index contributed by atoms with van der Waals surface area (Å²) in [6, 6.07) is 22.3. The topological polar surface area (TPSA) is 137 Å². The monoisotopic (exact) mass is 723 g/mol. The van der Waals surface area contributed by atoms with Crippen LogP contribution in [0.4, 0.5) is 10.1 Å². The molecular weight excluding hydrogens is 693 g/mol. The summed E-state index contributed by atoms with van der Waals surface area (Å²) < 4.78 is 28.9. The zero-order valence-corrected chi connectivity index (χ0v) is 28.6. The molecule has 4 unspecified atom stereocenters. The number of nitrogens with zero attached hydrogens (tertiary/aromatic N) is 4. The number of fused-ring (bicyclic) bond motifs is 4. The van der Waals surface area contributed by atoms with Crippen molar-refractivity contribution in [1.82, 2.24) is 18.9 Å². The van der Waals surface area contributed by atoms with Gasteiger partial charge in [0.15, 0.2) is 0 Å². The number of hydrogen-bond donors (Lipinski definition) is 2. The molecule has 0 bridgehead atoms. The molecule has 1 aromatic heterocycles. The van der Waals surface area contributed by atoms with E-state index < -0.39 is 52.3 Å². The highest BCUT2D eigenvalue weighted by Gasteiger charge is 2.69. The maximum Gasteiger partial charge on any atom is 0.352 e. The van der Waals surface area contributed by atoms with E-state index in [1.165, 1.54) is 53.9 Å². The molecule has 14 heteroatoms. The zero-order valence-electron chi connectivity index (χ0n) is 27.8. The Balaban J connectivity index is 1.42. The van der Waals surface area contributed by atoms with E-state index in [0.717, 1.165) is 9.58 Å². The van der Waals surface area contributed by atoms with E-state index in [4.69, 9.17) is 21.1 Å². The van der Waals surface area contributed by atoms with Gasteiger partial charge in [0.05, 0.1) is 49.5 Å². The van der Waals surface area contributed by atoms with Crippen molar-refractivity contribution < 1.29 is 28.6 Å². The lowest BCUT2D eigenvalue weighted by Crippen LogP contribution is -2.53. The molecule has 12 nitrogen and oxygen atoms in total. The van der Waals surface area contributed by atoms with Gasteiger partial charge in [-0.05, 0) is 66.1 Å². The highest BCUT2D eigenvalue weighted by molar-refractivity contribution is 6.30. The molecule has 0 spiro atoms. The number of anilines is 1. The van der Waals surface area contributed by atoms with E-state index in [0.29, 0.717) is 21.8 Å². The fourth-order valence-electron chi connectivity index (χ4n) is 8.19. The predicted octanol–water partition coefficient (Wildman–Crippen LogP) is 4.93. The second kappa shape index (κ2) is 12.3. The number of benzene rings is 4. The van der Waals surface area contributed by atoms with Gasteiger partial charge in [0, 0.05) is 28.6 Å². The smallest absolute Gasteiger partial charge is 0.352 e. The molecule has 2 fully saturated rings. The van der Waals surface area contributed by atoms with Crippen LogP contribution < -0.4 is 26.3 Å². The molecule has 52 heavy (non-hydrogen) atoms. The Hall–Kier alpha value is -6.08. The van der Waals surface area contributed by atoms with E-state index in [1.807, 2.05) is 0 Å². The summed E-state index contributed by atoms with van der Waals surface area (Å²) in [5.74, 6) is -3.93. The maximum absolute atomic E-state index is 15.3. The van der Waals surface area contributed by atoms with Crippen LogP contribution in [-0.2, 0) is 21.5 Å². The number of hydrogen-bond acceptors (Lipinski definition) is 8. The molecule has 8 rings (SSSR count). The molecule has 3 aliphatic rings. The third-order valence-corrected chi connectivity index (χ3v) is 10.6. The van der Waals surface area contributed by atoms with Gasteiger partial charge >= 0.3 is 11.4 Å². The molecule has 3 heterocycles. The number of rotatable bonds is 7. The number of hydrazine groups is 1. The maximum atomic E-state index is 15.3. The Kier molecular flexibility index (Phi) is 7.83. The third-order valence-electron chi connectivity index (χ3n) is 10.4. The van der Waals surface area contributed by atoms with Crippen LogP contribution >= 0.6 is 11.6 Å². The Labute approximate surface area is 300 Å². The van der Waals surface area contributed by atoms with Crippen LogP contribution in [0.1, 0.15) is 29.5 Å². The minimum atomic E-state index is -1.75. The highest BCUT2D eigenvalue weighted by Crippen LogP contribution is 2.64. The quantitative estimate of drug-likeness (QED) is 0.178. The number of carbonyl (C=O) groups is 2. The zero-order chi connectivity index (χ0) is 36.5. The van der Waals surface area contributed by atoms with E-state index >= 15 is 4.79 Å². The van der Waals surface area contributed by atoms with Crippen molar-refractivity contribution in [1.29, 1.82) is 0 Å². The SMILES string of the molecule is COc1cc(O)c(C2C3=CCn4c(=O)n(-c5ccccc5)c(=O)n4C3CC3C(=O)N(Nc4ccc(F)cc4)C(=O)C32c2ccc(Cl)cc2)c(OC)c1. The van der Waals surface area contributed by atoms with Gasteiger partial charge in [-0.25, -0.2) is 27.9 Å². The first-order chi connectivity index (χ1) is 25.1.